The lowest BCUT2D eigenvalue weighted by Crippen LogP contribution is -2.29. The fourth-order valence-electron chi connectivity index (χ4n) is 1.69. The summed E-state index contributed by atoms with van der Waals surface area (Å²) in [6.07, 6.45) is 0. The molecule has 0 aromatic heterocycles. The Bertz CT molecular complexity index is 424. The van der Waals surface area contributed by atoms with E-state index >= 15 is 0 Å². The minimum Gasteiger partial charge on any atom is -0.409 e. The van der Waals surface area contributed by atoms with Gasteiger partial charge in [0.05, 0.1) is 6.61 Å². The van der Waals surface area contributed by atoms with Crippen LogP contribution < -0.4 is 10.6 Å². The van der Waals surface area contributed by atoms with E-state index in [2.05, 4.69) is 26.0 Å². The Morgan fingerprint density at radius 2 is 2.28 bits per heavy atom. The minimum absolute atomic E-state index is 0.105. The minimum atomic E-state index is 0.105. The molecule has 100 valence electrons. The second-order valence-corrected chi connectivity index (χ2v) is 4.63. The number of hydrogen-bond acceptors (Lipinski definition) is 4. The molecule has 0 bridgehead atoms. The van der Waals surface area contributed by atoms with Crippen molar-refractivity contribution >= 4 is 27.5 Å². The smallest absolute Gasteiger partial charge is 0.172 e. The Kier molecular flexibility index (Phi) is 5.94. The fourth-order valence-corrected chi connectivity index (χ4v) is 2.04. The normalized spacial score (nSPS) is 11.6. The van der Waals surface area contributed by atoms with Gasteiger partial charge in [0.25, 0.3) is 0 Å². The van der Waals surface area contributed by atoms with Crippen molar-refractivity contribution in [2.45, 2.75) is 6.92 Å². The molecule has 0 fully saturated rings. The molecule has 0 radical (unpaired) electrons. The number of anilines is 1. The van der Waals surface area contributed by atoms with Crippen LogP contribution >= 0.6 is 15.9 Å². The molecule has 0 unspecified atom stereocenters. The number of oxime groups is 1. The maximum atomic E-state index is 8.82. The third-order valence-corrected chi connectivity index (χ3v) is 3.12. The second-order valence-electron chi connectivity index (χ2n) is 3.72. The first-order chi connectivity index (χ1) is 8.63. The molecule has 0 saturated heterocycles. The highest BCUT2D eigenvalue weighted by atomic mass is 79.9. The summed E-state index contributed by atoms with van der Waals surface area (Å²) in [5, 5.41) is 11.9. The van der Waals surface area contributed by atoms with Crippen LogP contribution in [0.25, 0.3) is 0 Å². The molecule has 3 N–H and O–H groups in total. The summed E-state index contributed by atoms with van der Waals surface area (Å²) in [5.74, 6) is 0.105. The molecule has 0 aliphatic rings. The van der Waals surface area contributed by atoms with Gasteiger partial charge in [0, 0.05) is 35.9 Å². The first-order valence-electron chi connectivity index (χ1n) is 5.65. The zero-order valence-electron chi connectivity index (χ0n) is 10.6. The van der Waals surface area contributed by atoms with E-state index in [4.69, 9.17) is 15.7 Å². The molecule has 1 rings (SSSR count). The van der Waals surface area contributed by atoms with Gasteiger partial charge in [0.15, 0.2) is 5.84 Å². The highest BCUT2D eigenvalue weighted by Gasteiger charge is 2.13. The van der Waals surface area contributed by atoms with Gasteiger partial charge >= 0.3 is 0 Å². The van der Waals surface area contributed by atoms with Gasteiger partial charge in [-0.1, -0.05) is 21.1 Å². The molecule has 1 aromatic rings. The quantitative estimate of drug-likeness (QED) is 0.364. The highest BCUT2D eigenvalue weighted by molar-refractivity contribution is 9.10. The van der Waals surface area contributed by atoms with Gasteiger partial charge in [-0.3, -0.25) is 0 Å². The average molecular weight is 316 g/mol. The first-order valence-corrected chi connectivity index (χ1v) is 6.44. The van der Waals surface area contributed by atoms with Crippen molar-refractivity contribution in [2.24, 2.45) is 10.9 Å². The van der Waals surface area contributed by atoms with Crippen LogP contribution in [0, 0.1) is 0 Å². The number of benzene rings is 1. The van der Waals surface area contributed by atoms with Crippen molar-refractivity contribution in [3.05, 3.63) is 28.2 Å². The summed E-state index contributed by atoms with van der Waals surface area (Å²) in [6, 6.07) is 5.64. The van der Waals surface area contributed by atoms with Crippen molar-refractivity contribution in [3.8, 4) is 0 Å². The number of methoxy groups -OCH3 is 1. The van der Waals surface area contributed by atoms with E-state index in [0.717, 1.165) is 23.2 Å². The van der Waals surface area contributed by atoms with E-state index in [1.54, 1.807) is 7.11 Å². The number of halogens is 1. The van der Waals surface area contributed by atoms with Crippen molar-refractivity contribution in [3.63, 3.8) is 0 Å². The summed E-state index contributed by atoms with van der Waals surface area (Å²) in [6.45, 7) is 4.23. The molecule has 1 aromatic carbocycles. The number of hydrogen-bond donors (Lipinski definition) is 2. The van der Waals surface area contributed by atoms with Gasteiger partial charge in [-0.15, -0.1) is 0 Å². The summed E-state index contributed by atoms with van der Waals surface area (Å²) in [7, 11) is 1.67. The van der Waals surface area contributed by atoms with E-state index < -0.39 is 0 Å². The number of rotatable bonds is 6. The Labute approximate surface area is 115 Å². The van der Waals surface area contributed by atoms with Gasteiger partial charge in [-0.2, -0.15) is 0 Å². The predicted octanol–water partition coefficient (Wildman–Crippen LogP) is 2.02. The summed E-state index contributed by atoms with van der Waals surface area (Å²) >= 11 is 3.43. The lowest BCUT2D eigenvalue weighted by molar-refractivity contribution is 0.205. The Balaban J connectivity index is 3.13. The van der Waals surface area contributed by atoms with Gasteiger partial charge in [0.1, 0.15) is 0 Å². The zero-order valence-corrected chi connectivity index (χ0v) is 12.1. The van der Waals surface area contributed by atoms with Crippen LogP contribution in [0.5, 0.6) is 0 Å². The molecular weight excluding hydrogens is 298 g/mol. The fraction of sp³-hybridized carbons (Fsp3) is 0.417. The molecule has 0 aliphatic heterocycles. The summed E-state index contributed by atoms with van der Waals surface area (Å²) < 4.78 is 6.04. The maximum absolute atomic E-state index is 8.82. The Hall–Kier alpha value is -1.27. The Morgan fingerprint density at radius 1 is 1.56 bits per heavy atom. The topological polar surface area (TPSA) is 71.1 Å². The monoisotopic (exact) mass is 315 g/mol. The van der Waals surface area contributed by atoms with Crippen LogP contribution in [0.2, 0.25) is 0 Å². The summed E-state index contributed by atoms with van der Waals surface area (Å²) in [4.78, 5) is 2.11. The summed E-state index contributed by atoms with van der Waals surface area (Å²) in [5.41, 5.74) is 7.32. The third-order valence-electron chi connectivity index (χ3n) is 2.63. The van der Waals surface area contributed by atoms with Crippen LogP contribution in [0.4, 0.5) is 5.69 Å². The zero-order chi connectivity index (χ0) is 13.5. The van der Waals surface area contributed by atoms with Crippen LogP contribution in [-0.2, 0) is 4.74 Å². The molecule has 0 spiro atoms. The lowest BCUT2D eigenvalue weighted by atomic mass is 10.1. The van der Waals surface area contributed by atoms with Gasteiger partial charge in [-0.25, -0.2) is 0 Å². The van der Waals surface area contributed by atoms with Crippen LogP contribution in [-0.4, -0.2) is 37.8 Å². The van der Waals surface area contributed by atoms with E-state index in [-0.39, 0.29) is 5.84 Å². The third kappa shape index (κ3) is 3.61. The number of nitrogens with zero attached hydrogens (tertiary/aromatic N) is 2. The molecule has 0 aliphatic carbocycles. The first kappa shape index (κ1) is 14.8. The molecule has 5 nitrogen and oxygen atoms in total. The molecular formula is C12H18BrN3O2. The van der Waals surface area contributed by atoms with E-state index in [0.29, 0.717) is 12.2 Å². The number of amidine groups is 1. The van der Waals surface area contributed by atoms with Gasteiger partial charge in [-0.05, 0) is 25.1 Å². The average Bonchev–Trinajstić information content (AvgIpc) is 2.39. The standard InChI is InChI=1S/C12H18BrN3O2/c1-3-16(6-7-18-2)11-8-9(13)4-5-10(11)12(14)15-17/h4-5,8,17H,3,6-7H2,1-2H3,(H2,14,15). The van der Waals surface area contributed by atoms with Crippen LogP contribution in [0.3, 0.4) is 0 Å². The van der Waals surface area contributed by atoms with Crippen LogP contribution in [0.1, 0.15) is 12.5 Å². The molecule has 0 atom stereocenters. The van der Waals surface area contributed by atoms with E-state index in [9.17, 15) is 0 Å². The van der Waals surface area contributed by atoms with E-state index in [1.807, 2.05) is 25.1 Å². The molecule has 6 heteroatoms. The lowest BCUT2D eigenvalue weighted by Gasteiger charge is -2.25. The van der Waals surface area contributed by atoms with Crippen molar-refractivity contribution in [1.29, 1.82) is 0 Å². The largest absolute Gasteiger partial charge is 0.409 e. The Morgan fingerprint density at radius 3 is 2.83 bits per heavy atom. The van der Waals surface area contributed by atoms with Crippen molar-refractivity contribution < 1.29 is 9.94 Å². The van der Waals surface area contributed by atoms with E-state index in [1.165, 1.54) is 0 Å². The molecule has 0 heterocycles. The highest BCUT2D eigenvalue weighted by Crippen LogP contribution is 2.25. The van der Waals surface area contributed by atoms with Gasteiger partial charge in [0.2, 0.25) is 0 Å². The van der Waals surface area contributed by atoms with Crippen molar-refractivity contribution in [1.82, 2.24) is 0 Å². The van der Waals surface area contributed by atoms with Crippen LogP contribution in [0.15, 0.2) is 27.8 Å². The second kappa shape index (κ2) is 7.23. The van der Waals surface area contributed by atoms with Gasteiger partial charge < -0.3 is 20.6 Å². The molecule has 0 saturated carbocycles. The maximum Gasteiger partial charge on any atom is 0.172 e. The number of ether oxygens (including phenoxy) is 1. The molecule has 0 amide bonds. The van der Waals surface area contributed by atoms with Crippen molar-refractivity contribution in [2.75, 3.05) is 31.7 Å². The number of nitrogens with two attached hydrogens (primary N) is 1. The number of likely N-dealkylation sites (N-methyl/N-ethyl adjacent to an activating group) is 1. The SMILES string of the molecule is CCN(CCOC)c1cc(Br)ccc1/C(N)=N/O. The molecule has 18 heavy (non-hydrogen) atoms. The predicted molar refractivity (Wildman–Crippen MR) is 76.4 cm³/mol.